The Hall–Kier alpha value is -2.70. The van der Waals surface area contributed by atoms with Crippen LogP contribution >= 0.6 is 0 Å². The summed E-state index contributed by atoms with van der Waals surface area (Å²) in [6.45, 7) is 2.37. The minimum absolute atomic E-state index is 0.0456. The molecule has 1 heterocycles. The number of rotatable bonds is 5. The fourth-order valence-electron chi connectivity index (χ4n) is 1.87. The number of carbonyl (C=O) groups is 2. The number of hydrogen-bond donors (Lipinski definition) is 2. The molecule has 2 N–H and O–H groups in total. The number of carboxylic acid groups (broad SMARTS) is 1. The van der Waals surface area contributed by atoms with Gasteiger partial charge < -0.3 is 15.0 Å². The van der Waals surface area contributed by atoms with Crippen molar-refractivity contribution in [3.8, 4) is 0 Å². The van der Waals surface area contributed by atoms with Crippen molar-refractivity contribution in [3.05, 3.63) is 53.4 Å². The Morgan fingerprint density at radius 2 is 2.19 bits per heavy atom. The van der Waals surface area contributed by atoms with Crippen molar-refractivity contribution in [2.45, 2.75) is 13.5 Å². The van der Waals surface area contributed by atoms with Gasteiger partial charge in [-0.15, -0.1) is 0 Å². The lowest BCUT2D eigenvalue weighted by Crippen LogP contribution is -2.27. The molecule has 1 amide bonds. The third-order valence-corrected chi connectivity index (χ3v) is 2.94. The van der Waals surface area contributed by atoms with Gasteiger partial charge in [0, 0.05) is 24.8 Å². The van der Waals surface area contributed by atoms with E-state index >= 15 is 0 Å². The Morgan fingerprint density at radius 3 is 2.81 bits per heavy atom. The second kappa shape index (κ2) is 6.17. The fourth-order valence-corrected chi connectivity index (χ4v) is 1.87. The number of carboxylic acids is 1. The number of aryl methyl sites for hydroxylation is 1. The van der Waals surface area contributed by atoms with E-state index in [1.807, 2.05) is 0 Å². The number of benzene rings is 1. The maximum absolute atomic E-state index is 13.0. The Balaban J connectivity index is 1.90. The molecule has 0 aliphatic heterocycles. The quantitative estimate of drug-likeness (QED) is 0.873. The van der Waals surface area contributed by atoms with E-state index in [0.717, 1.165) is 0 Å². The third-order valence-electron chi connectivity index (χ3n) is 2.94. The van der Waals surface area contributed by atoms with Crippen LogP contribution in [0.5, 0.6) is 0 Å². The van der Waals surface area contributed by atoms with Crippen molar-refractivity contribution in [2.24, 2.45) is 0 Å². The molecule has 0 spiro atoms. The van der Waals surface area contributed by atoms with Gasteiger partial charge in [0.1, 0.15) is 5.82 Å². The summed E-state index contributed by atoms with van der Waals surface area (Å²) in [5.74, 6) is -1.78. The van der Waals surface area contributed by atoms with E-state index in [2.05, 4.69) is 10.3 Å². The van der Waals surface area contributed by atoms with Gasteiger partial charge in [-0.3, -0.25) is 4.79 Å². The molecule has 21 heavy (non-hydrogen) atoms. The van der Waals surface area contributed by atoms with Gasteiger partial charge in [-0.2, -0.15) is 0 Å². The van der Waals surface area contributed by atoms with Gasteiger partial charge in [-0.25, -0.2) is 14.2 Å². The second-order valence-corrected chi connectivity index (χ2v) is 4.52. The molecule has 110 valence electrons. The summed E-state index contributed by atoms with van der Waals surface area (Å²) in [7, 11) is 0. The summed E-state index contributed by atoms with van der Waals surface area (Å²) >= 11 is 0. The van der Waals surface area contributed by atoms with Gasteiger partial charge in [0.2, 0.25) is 0 Å². The maximum atomic E-state index is 13.0. The molecule has 0 saturated carbocycles. The second-order valence-electron chi connectivity index (χ2n) is 4.52. The lowest BCUT2D eigenvalue weighted by atomic mass is 10.1. The molecule has 1 aromatic carbocycles. The maximum Gasteiger partial charge on any atom is 0.356 e. The summed E-state index contributed by atoms with van der Waals surface area (Å²) in [5, 5.41) is 11.4. The first-order valence-corrected chi connectivity index (χ1v) is 6.27. The molecule has 0 saturated heterocycles. The van der Waals surface area contributed by atoms with E-state index in [-0.39, 0.29) is 17.4 Å². The van der Waals surface area contributed by atoms with Crippen LogP contribution in [0.25, 0.3) is 0 Å². The van der Waals surface area contributed by atoms with Crippen LogP contribution in [-0.2, 0) is 6.54 Å². The molecule has 0 unspecified atom stereocenters. The van der Waals surface area contributed by atoms with Gasteiger partial charge in [0.05, 0.1) is 6.33 Å². The molecular weight excluding hydrogens is 277 g/mol. The Morgan fingerprint density at radius 1 is 1.43 bits per heavy atom. The van der Waals surface area contributed by atoms with Gasteiger partial charge >= 0.3 is 5.97 Å². The van der Waals surface area contributed by atoms with Crippen molar-refractivity contribution >= 4 is 11.9 Å². The summed E-state index contributed by atoms with van der Waals surface area (Å²) in [4.78, 5) is 26.3. The molecule has 2 aromatic rings. The van der Waals surface area contributed by atoms with Crippen molar-refractivity contribution in [2.75, 3.05) is 6.54 Å². The van der Waals surface area contributed by atoms with E-state index in [1.165, 1.54) is 30.7 Å². The van der Waals surface area contributed by atoms with Crippen molar-refractivity contribution in [1.29, 1.82) is 0 Å². The minimum atomic E-state index is -1.10. The van der Waals surface area contributed by atoms with E-state index in [1.54, 1.807) is 11.5 Å². The number of imidazole rings is 1. The number of nitrogens with zero attached hydrogens (tertiary/aromatic N) is 2. The van der Waals surface area contributed by atoms with Crippen LogP contribution in [0.2, 0.25) is 0 Å². The monoisotopic (exact) mass is 291 g/mol. The smallest absolute Gasteiger partial charge is 0.356 e. The number of nitrogens with one attached hydrogen (secondary N) is 1. The van der Waals surface area contributed by atoms with Crippen LogP contribution in [-0.4, -0.2) is 33.1 Å². The summed E-state index contributed by atoms with van der Waals surface area (Å²) < 4.78 is 14.5. The first-order valence-electron chi connectivity index (χ1n) is 6.27. The Labute approximate surface area is 120 Å². The van der Waals surface area contributed by atoms with E-state index in [4.69, 9.17) is 5.11 Å². The molecule has 0 aliphatic rings. The number of aromatic nitrogens is 2. The number of hydrogen-bond acceptors (Lipinski definition) is 3. The third kappa shape index (κ3) is 3.65. The topological polar surface area (TPSA) is 84.2 Å². The molecule has 0 fully saturated rings. The molecular formula is C14H14FN3O3. The zero-order valence-corrected chi connectivity index (χ0v) is 11.3. The Kier molecular flexibility index (Phi) is 4.32. The lowest BCUT2D eigenvalue weighted by molar-refractivity contribution is 0.0690. The highest BCUT2D eigenvalue weighted by molar-refractivity contribution is 5.95. The number of halogens is 1. The minimum Gasteiger partial charge on any atom is -0.476 e. The molecule has 2 rings (SSSR count). The normalized spacial score (nSPS) is 10.4. The molecule has 0 bridgehead atoms. The average molecular weight is 291 g/mol. The lowest BCUT2D eigenvalue weighted by Gasteiger charge is -2.08. The van der Waals surface area contributed by atoms with Crippen LogP contribution in [0.4, 0.5) is 4.39 Å². The fraction of sp³-hybridized carbons (Fsp3) is 0.214. The van der Waals surface area contributed by atoms with Crippen molar-refractivity contribution in [1.82, 2.24) is 14.9 Å². The van der Waals surface area contributed by atoms with Crippen molar-refractivity contribution < 1.29 is 19.1 Å². The van der Waals surface area contributed by atoms with Crippen LogP contribution in [0, 0.1) is 12.7 Å². The first kappa shape index (κ1) is 14.7. The number of aromatic carboxylic acids is 1. The zero-order valence-electron chi connectivity index (χ0n) is 11.3. The van der Waals surface area contributed by atoms with Crippen molar-refractivity contribution in [3.63, 3.8) is 0 Å². The highest BCUT2D eigenvalue weighted by Crippen LogP contribution is 2.09. The summed E-state index contributed by atoms with van der Waals surface area (Å²) in [6, 6.07) is 3.96. The molecule has 0 aliphatic carbocycles. The van der Waals surface area contributed by atoms with Gasteiger partial charge in [0.25, 0.3) is 5.91 Å². The predicted octanol–water partition coefficient (Wildman–Crippen LogP) is 1.46. The molecule has 0 radical (unpaired) electrons. The van der Waals surface area contributed by atoms with Crippen LogP contribution in [0.3, 0.4) is 0 Å². The largest absolute Gasteiger partial charge is 0.476 e. The first-order chi connectivity index (χ1) is 9.97. The van der Waals surface area contributed by atoms with E-state index in [0.29, 0.717) is 24.2 Å². The molecule has 0 atom stereocenters. The molecule has 7 heteroatoms. The Bertz CT molecular complexity index is 682. The van der Waals surface area contributed by atoms with Crippen LogP contribution in [0.15, 0.2) is 30.7 Å². The highest BCUT2D eigenvalue weighted by atomic mass is 19.1. The van der Waals surface area contributed by atoms with Gasteiger partial charge in [0.15, 0.2) is 5.69 Å². The summed E-state index contributed by atoms with van der Waals surface area (Å²) in [5.41, 5.74) is 0.923. The molecule has 6 nitrogen and oxygen atoms in total. The van der Waals surface area contributed by atoms with Gasteiger partial charge in [-0.1, -0.05) is 0 Å². The summed E-state index contributed by atoms with van der Waals surface area (Å²) in [6.07, 6.45) is 2.77. The van der Waals surface area contributed by atoms with E-state index < -0.39 is 5.97 Å². The van der Waals surface area contributed by atoms with Crippen LogP contribution < -0.4 is 5.32 Å². The predicted molar refractivity (Wildman–Crippen MR) is 72.7 cm³/mol. The average Bonchev–Trinajstić information content (AvgIpc) is 2.87. The zero-order chi connectivity index (χ0) is 15.4. The highest BCUT2D eigenvalue weighted by Gasteiger charge is 2.10. The van der Waals surface area contributed by atoms with E-state index in [9.17, 15) is 14.0 Å². The number of carbonyl (C=O) groups excluding carboxylic acids is 1. The van der Waals surface area contributed by atoms with Gasteiger partial charge in [-0.05, 0) is 30.7 Å². The molecule has 1 aromatic heterocycles. The standard InChI is InChI=1S/C14H14FN3O3/c1-9-6-10(15)2-3-11(9)13(19)16-4-5-18-7-12(14(20)21)17-8-18/h2-3,6-8H,4-5H2,1H3,(H,16,19)(H,20,21). The van der Waals surface area contributed by atoms with Crippen LogP contribution in [0.1, 0.15) is 26.4 Å². The number of amides is 1. The SMILES string of the molecule is Cc1cc(F)ccc1C(=O)NCCn1cnc(C(=O)O)c1.